The van der Waals surface area contributed by atoms with Gasteiger partial charge in [0.1, 0.15) is 0 Å². The number of unbranched alkanes of at least 4 members (excludes halogenated alkanes) is 2. The van der Waals surface area contributed by atoms with Gasteiger partial charge in [0, 0.05) is 4.78 Å². The highest BCUT2D eigenvalue weighted by Gasteiger charge is 2.22. The van der Waals surface area contributed by atoms with Crippen molar-refractivity contribution < 1.29 is 10.0 Å². The van der Waals surface area contributed by atoms with Crippen LogP contribution in [0.2, 0.25) is 0 Å². The molecule has 2 N–H and O–H groups in total. The fraction of sp³-hybridized carbons (Fsp3) is 0.667. The van der Waals surface area contributed by atoms with Gasteiger partial charge in [-0.2, -0.15) is 11.3 Å². The molecule has 0 aliphatic rings. The lowest BCUT2D eigenvalue weighted by Crippen LogP contribution is -2.30. The first-order chi connectivity index (χ1) is 7.70. The normalized spacial score (nSPS) is 12.8. The Bertz CT molecular complexity index is 299. The summed E-state index contributed by atoms with van der Waals surface area (Å²) < 4.78 is 0.725. The highest BCUT2D eigenvalue weighted by Crippen LogP contribution is 2.26. The third kappa shape index (κ3) is 3.61. The third-order valence-electron chi connectivity index (χ3n) is 3.05. The summed E-state index contributed by atoms with van der Waals surface area (Å²) in [7, 11) is -1.31. The molecule has 0 fully saturated rings. The van der Waals surface area contributed by atoms with Crippen molar-refractivity contribution >= 4 is 23.2 Å². The van der Waals surface area contributed by atoms with E-state index in [0.717, 1.165) is 23.2 Å². The van der Waals surface area contributed by atoms with Crippen molar-refractivity contribution in [3.05, 3.63) is 17.0 Å². The second kappa shape index (κ2) is 7.10. The molecule has 0 bridgehead atoms. The minimum absolute atomic E-state index is 0.481. The molecule has 1 aromatic heterocycles. The van der Waals surface area contributed by atoms with E-state index >= 15 is 0 Å². The molecule has 0 amide bonds. The summed E-state index contributed by atoms with van der Waals surface area (Å²) in [5, 5.41) is 20.5. The SMILES string of the molecule is CCCCCC(CC)c1ccsc1B(O)O. The van der Waals surface area contributed by atoms with Crippen LogP contribution in [0.3, 0.4) is 0 Å². The van der Waals surface area contributed by atoms with E-state index in [-0.39, 0.29) is 0 Å². The molecule has 1 heterocycles. The van der Waals surface area contributed by atoms with E-state index < -0.39 is 7.12 Å². The smallest absolute Gasteiger partial charge is 0.423 e. The van der Waals surface area contributed by atoms with Crippen LogP contribution in [0.25, 0.3) is 0 Å². The van der Waals surface area contributed by atoms with Crippen LogP contribution < -0.4 is 4.78 Å². The van der Waals surface area contributed by atoms with Gasteiger partial charge in [-0.15, -0.1) is 0 Å². The van der Waals surface area contributed by atoms with Gasteiger partial charge in [0.2, 0.25) is 0 Å². The summed E-state index contributed by atoms with van der Waals surface area (Å²) in [5.41, 5.74) is 1.14. The largest absolute Gasteiger partial charge is 0.499 e. The van der Waals surface area contributed by atoms with Gasteiger partial charge in [-0.3, -0.25) is 0 Å². The van der Waals surface area contributed by atoms with E-state index in [0.29, 0.717) is 5.92 Å². The molecule has 0 saturated heterocycles. The summed E-state index contributed by atoms with van der Waals surface area (Å²) in [6.45, 7) is 4.37. The molecular weight excluding hydrogens is 219 g/mol. The Labute approximate surface area is 102 Å². The summed E-state index contributed by atoms with van der Waals surface area (Å²) >= 11 is 1.44. The predicted octanol–water partition coefficient (Wildman–Crippen LogP) is 2.50. The molecule has 0 aliphatic carbocycles. The summed E-state index contributed by atoms with van der Waals surface area (Å²) in [6.07, 6.45) is 5.94. The fourth-order valence-electron chi connectivity index (χ4n) is 2.10. The zero-order chi connectivity index (χ0) is 12.0. The van der Waals surface area contributed by atoms with E-state index in [1.165, 1.54) is 30.6 Å². The second-order valence-corrected chi connectivity index (χ2v) is 5.16. The van der Waals surface area contributed by atoms with Crippen molar-refractivity contribution in [1.29, 1.82) is 0 Å². The predicted molar refractivity (Wildman–Crippen MR) is 71.3 cm³/mol. The van der Waals surface area contributed by atoms with Gasteiger partial charge in [0.25, 0.3) is 0 Å². The zero-order valence-corrected chi connectivity index (χ0v) is 11.0. The molecule has 1 unspecified atom stereocenters. The summed E-state index contributed by atoms with van der Waals surface area (Å²) in [5.74, 6) is 0.481. The van der Waals surface area contributed by atoms with Crippen molar-refractivity contribution in [3.8, 4) is 0 Å². The molecule has 1 atom stereocenters. The van der Waals surface area contributed by atoms with Crippen LogP contribution in [0.5, 0.6) is 0 Å². The van der Waals surface area contributed by atoms with Gasteiger partial charge < -0.3 is 10.0 Å². The number of hydrogen-bond donors (Lipinski definition) is 2. The Balaban J connectivity index is 2.66. The summed E-state index contributed by atoms with van der Waals surface area (Å²) in [4.78, 5) is 0. The number of rotatable bonds is 7. The average Bonchev–Trinajstić information content (AvgIpc) is 2.73. The van der Waals surface area contributed by atoms with Crippen molar-refractivity contribution in [1.82, 2.24) is 0 Å². The minimum atomic E-state index is -1.31. The standard InChI is InChI=1S/C12H21BO2S/c1-3-5-6-7-10(4-2)11-8-9-16-12(11)13(14)15/h8-10,14-15H,3-7H2,1-2H3. The highest BCUT2D eigenvalue weighted by atomic mass is 32.1. The molecular formula is C12H21BO2S. The number of thiophene rings is 1. The van der Waals surface area contributed by atoms with E-state index in [1.807, 2.05) is 11.4 Å². The number of hydrogen-bond acceptors (Lipinski definition) is 3. The van der Waals surface area contributed by atoms with Gasteiger partial charge in [0.15, 0.2) is 0 Å². The van der Waals surface area contributed by atoms with Crippen molar-refractivity contribution in [2.24, 2.45) is 0 Å². The molecule has 0 radical (unpaired) electrons. The fourth-order valence-corrected chi connectivity index (χ4v) is 2.95. The van der Waals surface area contributed by atoms with E-state index in [1.54, 1.807) is 0 Å². The second-order valence-electron chi connectivity index (χ2n) is 4.21. The molecule has 0 aromatic carbocycles. The third-order valence-corrected chi connectivity index (χ3v) is 4.02. The Morgan fingerprint density at radius 3 is 2.62 bits per heavy atom. The monoisotopic (exact) mass is 240 g/mol. The molecule has 1 rings (SSSR count). The van der Waals surface area contributed by atoms with Gasteiger partial charge >= 0.3 is 7.12 Å². The molecule has 0 spiro atoms. The maximum Gasteiger partial charge on any atom is 0.499 e. The molecule has 90 valence electrons. The average molecular weight is 240 g/mol. The molecule has 2 nitrogen and oxygen atoms in total. The Hall–Kier alpha value is -0.315. The van der Waals surface area contributed by atoms with E-state index in [4.69, 9.17) is 0 Å². The van der Waals surface area contributed by atoms with Crippen molar-refractivity contribution in [3.63, 3.8) is 0 Å². The van der Waals surface area contributed by atoms with Crippen LogP contribution in [-0.4, -0.2) is 17.2 Å². The van der Waals surface area contributed by atoms with Crippen LogP contribution in [0, 0.1) is 0 Å². The molecule has 0 aliphatic heterocycles. The Kier molecular flexibility index (Phi) is 6.10. The maximum atomic E-state index is 9.28. The van der Waals surface area contributed by atoms with Crippen molar-refractivity contribution in [2.45, 2.75) is 51.9 Å². The lowest BCUT2D eigenvalue weighted by molar-refractivity contribution is 0.425. The quantitative estimate of drug-likeness (QED) is 0.568. The maximum absolute atomic E-state index is 9.28. The zero-order valence-electron chi connectivity index (χ0n) is 10.1. The van der Waals surface area contributed by atoms with Crippen LogP contribution in [0.4, 0.5) is 0 Å². The molecule has 0 saturated carbocycles. The minimum Gasteiger partial charge on any atom is -0.423 e. The topological polar surface area (TPSA) is 40.5 Å². The lowest BCUT2D eigenvalue weighted by atomic mass is 9.80. The van der Waals surface area contributed by atoms with E-state index in [2.05, 4.69) is 13.8 Å². The lowest BCUT2D eigenvalue weighted by Gasteiger charge is -2.15. The highest BCUT2D eigenvalue weighted by molar-refractivity contribution is 7.20. The summed E-state index contributed by atoms with van der Waals surface area (Å²) in [6, 6.07) is 2.04. The molecule has 16 heavy (non-hydrogen) atoms. The molecule has 4 heteroatoms. The first-order valence-corrected chi connectivity index (χ1v) is 7.02. The Morgan fingerprint density at radius 1 is 1.31 bits per heavy atom. The van der Waals surface area contributed by atoms with Crippen LogP contribution >= 0.6 is 11.3 Å². The first-order valence-electron chi connectivity index (χ1n) is 6.14. The van der Waals surface area contributed by atoms with Crippen LogP contribution in [-0.2, 0) is 0 Å². The van der Waals surface area contributed by atoms with Crippen LogP contribution in [0.15, 0.2) is 11.4 Å². The van der Waals surface area contributed by atoms with E-state index in [9.17, 15) is 10.0 Å². The van der Waals surface area contributed by atoms with Crippen molar-refractivity contribution in [2.75, 3.05) is 0 Å². The van der Waals surface area contributed by atoms with Gasteiger partial charge in [-0.05, 0) is 35.8 Å². The molecule has 1 aromatic rings. The van der Waals surface area contributed by atoms with Crippen LogP contribution in [0.1, 0.15) is 57.4 Å². The Morgan fingerprint density at radius 2 is 2.06 bits per heavy atom. The van der Waals surface area contributed by atoms with Gasteiger partial charge in [-0.1, -0.05) is 33.1 Å². The van der Waals surface area contributed by atoms with Gasteiger partial charge in [-0.25, -0.2) is 0 Å². The first kappa shape index (κ1) is 13.7. The van der Waals surface area contributed by atoms with Gasteiger partial charge in [0.05, 0.1) is 0 Å².